The first-order valence-corrected chi connectivity index (χ1v) is 11.2. The van der Waals surface area contributed by atoms with Crippen LogP contribution in [0.1, 0.15) is 32.1 Å². The normalized spacial score (nSPS) is 10.7. The average Bonchev–Trinajstić information content (AvgIpc) is 3.24. The van der Waals surface area contributed by atoms with Gasteiger partial charge in [0.2, 0.25) is 0 Å². The Morgan fingerprint density at radius 2 is 1.84 bits per heavy atom. The van der Waals surface area contributed by atoms with Crippen LogP contribution in [0, 0.1) is 12.7 Å². The van der Waals surface area contributed by atoms with E-state index in [9.17, 15) is 9.18 Å². The molecule has 4 rings (SSSR count). The van der Waals surface area contributed by atoms with Gasteiger partial charge in [-0.3, -0.25) is 9.78 Å². The quantitative estimate of drug-likeness (QED) is 0.333. The minimum atomic E-state index is -0.278. The maximum absolute atomic E-state index is 13.3. The largest absolute Gasteiger partial charge is 0.489 e. The van der Waals surface area contributed by atoms with Gasteiger partial charge in [0, 0.05) is 12.7 Å². The molecule has 4 nitrogen and oxygen atoms in total. The van der Waals surface area contributed by atoms with Crippen molar-refractivity contribution in [2.24, 2.45) is 0 Å². The van der Waals surface area contributed by atoms with E-state index in [2.05, 4.69) is 4.98 Å². The van der Waals surface area contributed by atoms with Crippen molar-refractivity contribution in [2.45, 2.75) is 26.6 Å². The van der Waals surface area contributed by atoms with E-state index >= 15 is 0 Å². The summed E-state index contributed by atoms with van der Waals surface area (Å²) in [6.07, 6.45) is 1.74. The van der Waals surface area contributed by atoms with Crippen LogP contribution in [0.5, 0.6) is 5.75 Å². The third-order valence-corrected chi connectivity index (χ3v) is 6.02. The predicted molar refractivity (Wildman–Crippen MR) is 124 cm³/mol. The number of thiophene rings is 1. The number of rotatable bonds is 8. The molecule has 1 amide bonds. The maximum atomic E-state index is 13.3. The van der Waals surface area contributed by atoms with Crippen molar-refractivity contribution in [3.63, 3.8) is 0 Å². The summed E-state index contributed by atoms with van der Waals surface area (Å²) in [5.74, 6) is 0.407. The van der Waals surface area contributed by atoms with Crippen LogP contribution in [0.3, 0.4) is 0 Å². The van der Waals surface area contributed by atoms with Crippen LogP contribution < -0.4 is 4.74 Å². The van der Waals surface area contributed by atoms with Gasteiger partial charge in [-0.2, -0.15) is 0 Å². The lowest BCUT2D eigenvalue weighted by Gasteiger charge is -2.22. The number of carbonyl (C=O) groups is 1. The monoisotopic (exact) mass is 446 g/mol. The zero-order chi connectivity index (χ0) is 22.3. The van der Waals surface area contributed by atoms with E-state index in [1.165, 1.54) is 23.5 Å². The number of amides is 1. The highest BCUT2D eigenvalue weighted by Gasteiger charge is 2.20. The molecule has 2 heterocycles. The molecule has 0 spiro atoms. The lowest BCUT2D eigenvalue weighted by molar-refractivity contribution is 0.0732. The molecule has 6 heteroatoms. The third kappa shape index (κ3) is 5.59. The Hall–Kier alpha value is -3.51. The van der Waals surface area contributed by atoms with Crippen LogP contribution in [0.15, 0.2) is 84.4 Å². The highest BCUT2D eigenvalue weighted by atomic mass is 32.1. The van der Waals surface area contributed by atoms with E-state index in [0.717, 1.165) is 27.3 Å². The minimum Gasteiger partial charge on any atom is -0.489 e. The molecule has 4 aromatic rings. The van der Waals surface area contributed by atoms with Gasteiger partial charge in [0.15, 0.2) is 0 Å². The lowest BCUT2D eigenvalue weighted by Crippen LogP contribution is -2.30. The number of ether oxygens (including phenoxy) is 1. The SMILES string of the molecule is Cc1ccsc1C(=O)N(Cc1ccc(OCc2cccc(F)c2)cc1)Cc1ccccn1. The maximum Gasteiger partial charge on any atom is 0.264 e. The van der Waals surface area contributed by atoms with Crippen molar-refractivity contribution < 1.29 is 13.9 Å². The number of aromatic nitrogens is 1. The van der Waals surface area contributed by atoms with E-state index in [-0.39, 0.29) is 11.7 Å². The third-order valence-electron chi connectivity index (χ3n) is 5.01. The average molecular weight is 447 g/mol. The lowest BCUT2D eigenvalue weighted by atomic mass is 10.1. The van der Waals surface area contributed by atoms with Crippen LogP contribution in [-0.2, 0) is 19.7 Å². The summed E-state index contributed by atoms with van der Waals surface area (Å²) in [5, 5.41) is 1.94. The summed E-state index contributed by atoms with van der Waals surface area (Å²) >= 11 is 1.46. The van der Waals surface area contributed by atoms with Gasteiger partial charge in [0.25, 0.3) is 5.91 Å². The van der Waals surface area contributed by atoms with Crippen molar-refractivity contribution >= 4 is 17.2 Å². The number of aryl methyl sites for hydroxylation is 1. The van der Waals surface area contributed by atoms with Gasteiger partial charge in [-0.05, 0) is 71.5 Å². The Morgan fingerprint density at radius 1 is 1.00 bits per heavy atom. The Kier molecular flexibility index (Phi) is 6.92. The molecular formula is C26H23FN2O2S. The van der Waals surface area contributed by atoms with E-state index in [0.29, 0.717) is 25.4 Å². The van der Waals surface area contributed by atoms with Crippen molar-refractivity contribution in [1.82, 2.24) is 9.88 Å². The van der Waals surface area contributed by atoms with Crippen molar-refractivity contribution in [1.29, 1.82) is 0 Å². The summed E-state index contributed by atoms with van der Waals surface area (Å²) in [4.78, 5) is 20.2. The molecular weight excluding hydrogens is 423 g/mol. The summed E-state index contributed by atoms with van der Waals surface area (Å²) in [6.45, 7) is 3.12. The molecule has 2 aromatic carbocycles. The van der Waals surface area contributed by atoms with Crippen LogP contribution >= 0.6 is 11.3 Å². The molecule has 32 heavy (non-hydrogen) atoms. The molecule has 0 saturated heterocycles. The second kappa shape index (κ2) is 10.2. The fourth-order valence-electron chi connectivity index (χ4n) is 3.33. The van der Waals surface area contributed by atoms with Gasteiger partial charge in [0.1, 0.15) is 18.2 Å². The standard InChI is InChI=1S/C26H23FN2O2S/c1-19-12-14-32-25(19)26(30)29(17-23-7-2-3-13-28-23)16-20-8-10-24(11-9-20)31-18-21-5-4-6-22(27)15-21/h2-15H,16-18H2,1H3. The number of hydrogen-bond acceptors (Lipinski definition) is 4. The molecule has 0 atom stereocenters. The summed E-state index contributed by atoms with van der Waals surface area (Å²) in [5.41, 5.74) is 3.58. The number of hydrogen-bond donors (Lipinski definition) is 0. The zero-order valence-corrected chi connectivity index (χ0v) is 18.5. The summed E-state index contributed by atoms with van der Waals surface area (Å²) < 4.78 is 19.1. The van der Waals surface area contributed by atoms with E-state index in [4.69, 9.17) is 4.74 Å². The molecule has 0 bridgehead atoms. The second-order valence-corrected chi connectivity index (χ2v) is 8.39. The molecule has 0 radical (unpaired) electrons. The Balaban J connectivity index is 1.46. The number of pyridine rings is 1. The fraction of sp³-hybridized carbons (Fsp3) is 0.154. The number of carbonyl (C=O) groups excluding carboxylic acids is 1. The van der Waals surface area contributed by atoms with Gasteiger partial charge in [0.05, 0.1) is 17.1 Å². The van der Waals surface area contributed by atoms with Crippen molar-refractivity contribution in [3.8, 4) is 5.75 Å². The number of halogens is 1. The molecule has 0 aliphatic heterocycles. The fourth-order valence-corrected chi connectivity index (χ4v) is 4.22. The van der Waals surface area contributed by atoms with E-state index in [1.807, 2.05) is 71.8 Å². The predicted octanol–water partition coefficient (Wildman–Crippen LogP) is 6.01. The first-order chi connectivity index (χ1) is 15.6. The minimum absolute atomic E-state index is 0.00501. The highest BCUT2D eigenvalue weighted by molar-refractivity contribution is 7.12. The van der Waals surface area contributed by atoms with E-state index < -0.39 is 0 Å². The van der Waals surface area contributed by atoms with Crippen LogP contribution in [0.2, 0.25) is 0 Å². The van der Waals surface area contributed by atoms with E-state index in [1.54, 1.807) is 12.3 Å². The van der Waals surface area contributed by atoms with Gasteiger partial charge in [-0.1, -0.05) is 30.3 Å². The van der Waals surface area contributed by atoms with Gasteiger partial charge in [-0.25, -0.2) is 4.39 Å². The number of nitrogens with zero attached hydrogens (tertiary/aromatic N) is 2. The molecule has 0 fully saturated rings. The Labute approximate surface area is 190 Å². The Morgan fingerprint density at radius 3 is 2.53 bits per heavy atom. The molecule has 0 saturated carbocycles. The topological polar surface area (TPSA) is 42.4 Å². The number of benzene rings is 2. The molecule has 0 aliphatic carbocycles. The molecule has 162 valence electrons. The van der Waals surface area contributed by atoms with Crippen LogP contribution in [0.4, 0.5) is 4.39 Å². The van der Waals surface area contributed by atoms with Crippen LogP contribution in [-0.4, -0.2) is 15.8 Å². The van der Waals surface area contributed by atoms with Crippen LogP contribution in [0.25, 0.3) is 0 Å². The Bertz CT molecular complexity index is 1180. The van der Waals surface area contributed by atoms with Gasteiger partial charge >= 0.3 is 0 Å². The molecule has 0 unspecified atom stereocenters. The first-order valence-electron chi connectivity index (χ1n) is 10.3. The molecule has 0 aliphatic rings. The van der Waals surface area contributed by atoms with Gasteiger partial charge in [-0.15, -0.1) is 11.3 Å². The summed E-state index contributed by atoms with van der Waals surface area (Å²) in [7, 11) is 0. The summed E-state index contributed by atoms with van der Waals surface area (Å²) in [6, 6.07) is 21.7. The van der Waals surface area contributed by atoms with Crippen molar-refractivity contribution in [2.75, 3.05) is 0 Å². The smallest absolute Gasteiger partial charge is 0.264 e. The first kappa shape index (κ1) is 21.7. The highest BCUT2D eigenvalue weighted by Crippen LogP contribution is 2.22. The van der Waals surface area contributed by atoms with Gasteiger partial charge < -0.3 is 9.64 Å². The second-order valence-electron chi connectivity index (χ2n) is 7.48. The zero-order valence-electron chi connectivity index (χ0n) is 17.7. The molecule has 0 N–H and O–H groups in total. The van der Waals surface area contributed by atoms with Crippen molar-refractivity contribution in [3.05, 3.63) is 117 Å². The molecule has 2 aromatic heterocycles.